The summed E-state index contributed by atoms with van der Waals surface area (Å²) >= 11 is 0. The molecule has 0 saturated heterocycles. The van der Waals surface area contributed by atoms with Crippen LogP contribution in [-0.2, 0) is 0 Å². The second-order valence-electron chi connectivity index (χ2n) is 7.27. The van der Waals surface area contributed by atoms with Crippen LogP contribution in [-0.4, -0.2) is 12.6 Å². The van der Waals surface area contributed by atoms with Crippen LogP contribution < -0.4 is 10.6 Å². The van der Waals surface area contributed by atoms with Gasteiger partial charge >= 0.3 is 0 Å². The number of aromatic nitrogens is 1. The van der Waals surface area contributed by atoms with Crippen LogP contribution in [0.3, 0.4) is 0 Å². The maximum absolute atomic E-state index is 13.3. The lowest BCUT2D eigenvalue weighted by molar-refractivity contribution is 1.07. The molecule has 0 unspecified atom stereocenters. The first-order valence-corrected chi connectivity index (χ1v) is 11.7. The number of fused-ring (bicyclic) bond motifs is 1. The van der Waals surface area contributed by atoms with Crippen molar-refractivity contribution in [2.45, 2.75) is 26.6 Å². The second kappa shape index (κ2) is 5.91. The first kappa shape index (κ1) is 16.5. The Hall–Kier alpha value is -2.39. The van der Waals surface area contributed by atoms with Gasteiger partial charge in [-0.05, 0) is 36.8 Å². The molecular formula is C21H23NOSi. The molecule has 0 aliphatic heterocycles. The Balaban J connectivity index is 2.63. The molecule has 0 N–H and O–H groups in total. The minimum Gasteiger partial charge on any atom is -0.309 e. The van der Waals surface area contributed by atoms with Crippen molar-refractivity contribution in [1.29, 1.82) is 0 Å². The molecule has 0 fully saturated rings. The van der Waals surface area contributed by atoms with E-state index in [9.17, 15) is 4.79 Å². The summed E-state index contributed by atoms with van der Waals surface area (Å²) in [5.74, 6) is 0. The van der Waals surface area contributed by atoms with Crippen molar-refractivity contribution in [2.75, 3.05) is 0 Å². The number of para-hydroxylation sites is 2. The number of benzene rings is 2. The Labute approximate surface area is 144 Å². The maximum atomic E-state index is 13.3. The molecule has 122 valence electrons. The molecule has 24 heavy (non-hydrogen) atoms. The zero-order valence-corrected chi connectivity index (χ0v) is 15.8. The van der Waals surface area contributed by atoms with Crippen molar-refractivity contribution in [3.8, 4) is 5.69 Å². The Morgan fingerprint density at radius 3 is 2.12 bits per heavy atom. The molecule has 2 nitrogen and oxygen atoms in total. The van der Waals surface area contributed by atoms with Crippen LogP contribution in [0.25, 0.3) is 22.2 Å². The monoisotopic (exact) mass is 333 g/mol. The first-order chi connectivity index (χ1) is 11.3. The highest BCUT2D eigenvalue weighted by atomic mass is 28.3. The summed E-state index contributed by atoms with van der Waals surface area (Å²) < 4.78 is 2.20. The molecule has 0 radical (unpaired) electrons. The van der Waals surface area contributed by atoms with E-state index in [4.69, 9.17) is 0 Å². The van der Waals surface area contributed by atoms with Crippen LogP contribution in [0.2, 0.25) is 19.6 Å². The van der Waals surface area contributed by atoms with Crippen molar-refractivity contribution in [1.82, 2.24) is 4.57 Å². The van der Waals surface area contributed by atoms with Gasteiger partial charge in [0.25, 0.3) is 0 Å². The highest BCUT2D eigenvalue weighted by Crippen LogP contribution is 2.24. The van der Waals surface area contributed by atoms with Gasteiger partial charge in [0.2, 0.25) is 0 Å². The van der Waals surface area contributed by atoms with Crippen LogP contribution in [0.5, 0.6) is 0 Å². The van der Waals surface area contributed by atoms with E-state index in [-0.39, 0.29) is 5.43 Å². The SMILES string of the molecule is C=C(C)c1c([Si](C)(C)C)c(=O)c2ccccc2n1-c1ccccc1. The Kier molecular flexibility index (Phi) is 4.06. The summed E-state index contributed by atoms with van der Waals surface area (Å²) in [6, 6.07) is 18.1. The third-order valence-electron chi connectivity index (χ3n) is 4.25. The van der Waals surface area contributed by atoms with Gasteiger partial charge in [0, 0.05) is 16.3 Å². The molecular weight excluding hydrogens is 310 g/mol. The maximum Gasteiger partial charge on any atom is 0.189 e. The van der Waals surface area contributed by atoms with Gasteiger partial charge in [-0.1, -0.05) is 56.6 Å². The van der Waals surface area contributed by atoms with Gasteiger partial charge < -0.3 is 4.57 Å². The molecule has 0 spiro atoms. The summed E-state index contributed by atoms with van der Waals surface area (Å²) in [4.78, 5) is 13.3. The fourth-order valence-corrected chi connectivity index (χ4v) is 5.13. The number of rotatable bonds is 3. The number of pyridine rings is 1. The van der Waals surface area contributed by atoms with Crippen LogP contribution in [0.4, 0.5) is 0 Å². The highest BCUT2D eigenvalue weighted by Gasteiger charge is 2.28. The topological polar surface area (TPSA) is 22.0 Å². The lowest BCUT2D eigenvalue weighted by atomic mass is 10.1. The standard InChI is InChI=1S/C21H23NOSi/c1-15(2)19-21(24(3,4)5)20(23)17-13-9-10-14-18(17)22(19)16-11-7-6-8-12-16/h6-14H,1H2,2-5H3. The van der Waals surface area contributed by atoms with Gasteiger partial charge in [-0.3, -0.25) is 4.79 Å². The lowest BCUT2D eigenvalue weighted by Crippen LogP contribution is -2.50. The zero-order chi connectivity index (χ0) is 17.5. The van der Waals surface area contributed by atoms with Gasteiger partial charge in [-0.25, -0.2) is 0 Å². The Morgan fingerprint density at radius 2 is 1.54 bits per heavy atom. The number of nitrogens with zero attached hydrogens (tertiary/aromatic N) is 1. The van der Waals surface area contributed by atoms with E-state index in [1.54, 1.807) is 0 Å². The molecule has 0 atom stereocenters. The zero-order valence-electron chi connectivity index (χ0n) is 14.8. The van der Waals surface area contributed by atoms with E-state index in [1.165, 1.54) is 0 Å². The van der Waals surface area contributed by atoms with Crippen LogP contribution in [0.15, 0.2) is 66.0 Å². The fraction of sp³-hybridized carbons (Fsp3) is 0.190. The molecule has 3 heteroatoms. The molecule has 0 saturated carbocycles. The van der Waals surface area contributed by atoms with E-state index in [1.807, 2.05) is 49.4 Å². The van der Waals surface area contributed by atoms with Crippen molar-refractivity contribution < 1.29 is 0 Å². The quantitative estimate of drug-likeness (QED) is 0.644. The molecule has 0 aliphatic rings. The van der Waals surface area contributed by atoms with Gasteiger partial charge in [-0.2, -0.15) is 0 Å². The second-order valence-corrected chi connectivity index (χ2v) is 12.3. The van der Waals surface area contributed by atoms with E-state index in [0.717, 1.165) is 33.0 Å². The fourth-order valence-electron chi connectivity index (χ4n) is 3.28. The summed E-state index contributed by atoms with van der Waals surface area (Å²) in [5.41, 5.74) is 4.07. The normalized spacial score (nSPS) is 11.7. The van der Waals surface area contributed by atoms with Crippen LogP contribution >= 0.6 is 0 Å². The summed E-state index contributed by atoms with van der Waals surface area (Å²) in [6.45, 7) is 12.9. The van der Waals surface area contributed by atoms with E-state index in [2.05, 4.69) is 42.9 Å². The van der Waals surface area contributed by atoms with E-state index in [0.29, 0.717) is 0 Å². The largest absolute Gasteiger partial charge is 0.309 e. The van der Waals surface area contributed by atoms with Gasteiger partial charge in [0.1, 0.15) is 0 Å². The van der Waals surface area contributed by atoms with Gasteiger partial charge in [-0.15, -0.1) is 0 Å². The predicted octanol–water partition coefficient (Wildman–Crippen LogP) is 4.57. The Bertz CT molecular complexity index is 978. The average Bonchev–Trinajstić information content (AvgIpc) is 2.54. The van der Waals surface area contributed by atoms with Crippen molar-refractivity contribution >= 4 is 29.7 Å². The van der Waals surface area contributed by atoms with Crippen LogP contribution in [0, 0.1) is 0 Å². The molecule has 0 amide bonds. The van der Waals surface area contributed by atoms with Crippen molar-refractivity contribution in [2.24, 2.45) is 0 Å². The summed E-state index contributed by atoms with van der Waals surface area (Å²) in [5, 5.41) is 1.74. The predicted molar refractivity (Wildman–Crippen MR) is 107 cm³/mol. The van der Waals surface area contributed by atoms with E-state index < -0.39 is 8.07 Å². The number of allylic oxidation sites excluding steroid dienone is 1. The summed E-state index contributed by atoms with van der Waals surface area (Å²) in [6.07, 6.45) is 0. The van der Waals surface area contributed by atoms with Crippen LogP contribution in [0.1, 0.15) is 12.6 Å². The Morgan fingerprint density at radius 1 is 0.958 bits per heavy atom. The number of hydrogen-bond acceptors (Lipinski definition) is 1. The first-order valence-electron chi connectivity index (χ1n) is 8.22. The van der Waals surface area contributed by atoms with Gasteiger partial charge in [0.15, 0.2) is 5.43 Å². The molecule has 0 bridgehead atoms. The molecule has 1 aromatic heterocycles. The average molecular weight is 334 g/mol. The smallest absolute Gasteiger partial charge is 0.189 e. The molecule has 3 rings (SSSR count). The summed E-state index contributed by atoms with van der Waals surface area (Å²) in [7, 11) is -1.86. The third-order valence-corrected chi connectivity index (χ3v) is 6.21. The lowest BCUT2D eigenvalue weighted by Gasteiger charge is -2.26. The molecule has 0 aliphatic carbocycles. The molecule has 3 aromatic rings. The highest BCUT2D eigenvalue weighted by molar-refractivity contribution is 6.89. The molecule has 1 heterocycles. The van der Waals surface area contributed by atoms with E-state index >= 15 is 0 Å². The third kappa shape index (κ3) is 2.65. The number of hydrogen-bond donors (Lipinski definition) is 0. The minimum atomic E-state index is -1.86. The molecule has 2 aromatic carbocycles. The van der Waals surface area contributed by atoms with Crippen molar-refractivity contribution in [3.05, 3.63) is 77.1 Å². The van der Waals surface area contributed by atoms with Crippen molar-refractivity contribution in [3.63, 3.8) is 0 Å². The minimum absolute atomic E-state index is 0.162. The van der Waals surface area contributed by atoms with Gasteiger partial charge in [0.05, 0.1) is 19.3 Å².